The summed E-state index contributed by atoms with van der Waals surface area (Å²) in [7, 11) is 5.38. The van der Waals surface area contributed by atoms with Crippen molar-refractivity contribution in [2.75, 3.05) is 46.2 Å². The van der Waals surface area contributed by atoms with E-state index in [0.717, 1.165) is 0 Å². The molecule has 0 atom stereocenters. The number of hydrogen-bond donors (Lipinski definition) is 1. The van der Waals surface area contributed by atoms with E-state index >= 15 is 0 Å². The summed E-state index contributed by atoms with van der Waals surface area (Å²) in [5.41, 5.74) is 0.494. The summed E-state index contributed by atoms with van der Waals surface area (Å²) in [6.45, 7) is 0.981. The quantitative estimate of drug-likeness (QED) is 0.776. The molecule has 2 aromatic rings. The van der Waals surface area contributed by atoms with Crippen LogP contribution in [0, 0.1) is 0 Å². The van der Waals surface area contributed by atoms with Crippen molar-refractivity contribution in [1.82, 2.24) is 15.0 Å². The highest BCUT2D eigenvalue weighted by molar-refractivity contribution is 5.99. The molecule has 1 N–H and O–H groups in total. The van der Waals surface area contributed by atoms with E-state index in [-0.39, 0.29) is 18.4 Å². The Hall–Kier alpha value is -2.87. The van der Waals surface area contributed by atoms with Crippen molar-refractivity contribution < 1.29 is 18.8 Å². The van der Waals surface area contributed by atoms with E-state index in [1.165, 1.54) is 17.2 Å². The first-order chi connectivity index (χ1) is 12.0. The third kappa shape index (κ3) is 5.61. The number of aromatic nitrogens is 1. The van der Waals surface area contributed by atoms with E-state index < -0.39 is 0 Å². The van der Waals surface area contributed by atoms with Crippen LogP contribution in [0.25, 0.3) is 0 Å². The number of amides is 2. The van der Waals surface area contributed by atoms with Crippen LogP contribution in [0.4, 0.5) is 5.82 Å². The van der Waals surface area contributed by atoms with Crippen LogP contribution in [0.2, 0.25) is 0 Å². The monoisotopic (exact) mass is 346 g/mol. The van der Waals surface area contributed by atoms with Gasteiger partial charge in [0.1, 0.15) is 18.6 Å². The summed E-state index contributed by atoms with van der Waals surface area (Å²) in [6.07, 6.45) is 1.36. The highest BCUT2D eigenvalue weighted by Crippen LogP contribution is 2.13. The van der Waals surface area contributed by atoms with Gasteiger partial charge in [0.2, 0.25) is 5.91 Å². The van der Waals surface area contributed by atoms with Crippen LogP contribution >= 0.6 is 0 Å². The lowest BCUT2D eigenvalue weighted by molar-refractivity contribution is -0.117. The third-order valence-corrected chi connectivity index (χ3v) is 3.48. The van der Waals surface area contributed by atoms with Crippen LogP contribution in [0.3, 0.4) is 0 Å². The fourth-order valence-electron chi connectivity index (χ4n) is 2.12. The summed E-state index contributed by atoms with van der Waals surface area (Å²) in [5, 5.41) is 6.22. The van der Waals surface area contributed by atoms with Crippen LogP contribution in [-0.2, 0) is 4.79 Å². The molecule has 2 rings (SSSR count). The highest BCUT2D eigenvalue weighted by atomic mass is 16.5. The second-order valence-electron chi connectivity index (χ2n) is 5.69. The lowest BCUT2D eigenvalue weighted by Crippen LogP contribution is -2.41. The molecular formula is C17H22N4O4. The van der Waals surface area contributed by atoms with Crippen LogP contribution in [0.5, 0.6) is 5.75 Å². The van der Waals surface area contributed by atoms with E-state index in [4.69, 9.17) is 4.74 Å². The first-order valence-corrected chi connectivity index (χ1v) is 7.78. The minimum absolute atomic E-state index is 0.0778. The molecule has 0 radical (unpaired) electrons. The summed E-state index contributed by atoms with van der Waals surface area (Å²) >= 11 is 0. The number of anilines is 1. The van der Waals surface area contributed by atoms with Gasteiger partial charge in [-0.1, -0.05) is 5.16 Å². The number of benzene rings is 1. The smallest absolute Gasteiger partial charge is 0.254 e. The molecule has 1 aromatic carbocycles. The van der Waals surface area contributed by atoms with Gasteiger partial charge in [-0.05, 0) is 38.4 Å². The van der Waals surface area contributed by atoms with Gasteiger partial charge in [-0.3, -0.25) is 9.59 Å². The van der Waals surface area contributed by atoms with Gasteiger partial charge in [0, 0.05) is 24.7 Å². The Balaban J connectivity index is 2.07. The average molecular weight is 346 g/mol. The van der Waals surface area contributed by atoms with Gasteiger partial charge in [-0.2, -0.15) is 0 Å². The second-order valence-corrected chi connectivity index (χ2v) is 5.69. The fraction of sp³-hybridized carbons (Fsp3) is 0.353. The van der Waals surface area contributed by atoms with Crippen molar-refractivity contribution >= 4 is 17.6 Å². The lowest BCUT2D eigenvalue weighted by Gasteiger charge is -2.24. The molecular weight excluding hydrogens is 324 g/mol. The van der Waals surface area contributed by atoms with E-state index in [9.17, 15) is 9.59 Å². The van der Waals surface area contributed by atoms with Crippen molar-refractivity contribution in [1.29, 1.82) is 0 Å². The Morgan fingerprint density at radius 3 is 2.44 bits per heavy atom. The molecule has 0 spiro atoms. The third-order valence-electron chi connectivity index (χ3n) is 3.48. The molecule has 0 saturated heterocycles. The minimum atomic E-state index is -0.338. The maximum atomic E-state index is 12.7. The zero-order valence-electron chi connectivity index (χ0n) is 14.6. The fourth-order valence-corrected chi connectivity index (χ4v) is 2.12. The number of ether oxygens (including phenoxy) is 1. The molecule has 2 amide bonds. The number of nitrogens with zero attached hydrogens (tertiary/aromatic N) is 3. The number of rotatable bonds is 8. The number of methoxy groups -OCH3 is 1. The minimum Gasteiger partial charge on any atom is -0.497 e. The first kappa shape index (κ1) is 18.5. The Bertz CT molecular complexity index is 683. The Labute approximate surface area is 146 Å². The predicted octanol–water partition coefficient (Wildman–Crippen LogP) is 1.33. The van der Waals surface area contributed by atoms with Gasteiger partial charge in [0.25, 0.3) is 5.91 Å². The molecule has 25 heavy (non-hydrogen) atoms. The Morgan fingerprint density at radius 1 is 1.16 bits per heavy atom. The Kier molecular flexibility index (Phi) is 6.53. The molecule has 0 fully saturated rings. The van der Waals surface area contributed by atoms with Crippen molar-refractivity contribution in [3.63, 3.8) is 0 Å². The molecule has 1 aromatic heterocycles. The van der Waals surface area contributed by atoms with Crippen molar-refractivity contribution in [3.05, 3.63) is 42.2 Å². The van der Waals surface area contributed by atoms with Crippen LogP contribution in [0.1, 0.15) is 10.4 Å². The number of carbonyl (C=O) groups is 2. The van der Waals surface area contributed by atoms with Gasteiger partial charge >= 0.3 is 0 Å². The topological polar surface area (TPSA) is 87.9 Å². The lowest BCUT2D eigenvalue weighted by atomic mass is 10.2. The number of likely N-dealkylation sites (N-methyl/N-ethyl adjacent to an activating group) is 1. The molecule has 0 saturated carbocycles. The number of nitrogens with one attached hydrogen (secondary N) is 1. The maximum absolute atomic E-state index is 12.7. The van der Waals surface area contributed by atoms with Gasteiger partial charge < -0.3 is 24.4 Å². The Morgan fingerprint density at radius 2 is 1.88 bits per heavy atom. The van der Waals surface area contributed by atoms with Crippen LogP contribution in [0.15, 0.2) is 41.1 Å². The van der Waals surface area contributed by atoms with E-state index in [1.807, 2.05) is 19.0 Å². The van der Waals surface area contributed by atoms with Gasteiger partial charge in [0.05, 0.1) is 7.11 Å². The summed E-state index contributed by atoms with van der Waals surface area (Å²) in [4.78, 5) is 28.4. The molecule has 1 heterocycles. The molecule has 134 valence electrons. The molecule has 8 nitrogen and oxygen atoms in total. The molecule has 0 unspecified atom stereocenters. The summed E-state index contributed by atoms with van der Waals surface area (Å²) < 4.78 is 9.77. The zero-order chi connectivity index (χ0) is 18.2. The van der Waals surface area contributed by atoms with Gasteiger partial charge in [-0.15, -0.1) is 0 Å². The van der Waals surface area contributed by atoms with E-state index in [2.05, 4.69) is 15.0 Å². The number of carbonyl (C=O) groups excluding carboxylic acids is 2. The predicted molar refractivity (Wildman–Crippen MR) is 92.6 cm³/mol. The summed E-state index contributed by atoms with van der Waals surface area (Å²) in [6, 6.07) is 8.33. The van der Waals surface area contributed by atoms with Crippen LogP contribution in [-0.4, -0.2) is 67.6 Å². The summed E-state index contributed by atoms with van der Waals surface area (Å²) in [5.74, 6) is 0.420. The largest absolute Gasteiger partial charge is 0.497 e. The van der Waals surface area contributed by atoms with Crippen molar-refractivity contribution in [2.45, 2.75) is 0 Å². The van der Waals surface area contributed by atoms with Gasteiger partial charge in [0.15, 0.2) is 5.82 Å². The van der Waals surface area contributed by atoms with Crippen molar-refractivity contribution in [2.24, 2.45) is 0 Å². The van der Waals surface area contributed by atoms with E-state index in [1.54, 1.807) is 31.4 Å². The maximum Gasteiger partial charge on any atom is 0.254 e. The SMILES string of the molecule is COc1ccc(C(=O)N(CCN(C)C)CC(=O)Nc2ccon2)cc1. The van der Waals surface area contributed by atoms with E-state index in [0.29, 0.717) is 30.2 Å². The average Bonchev–Trinajstić information content (AvgIpc) is 3.10. The van der Waals surface area contributed by atoms with Gasteiger partial charge in [-0.25, -0.2) is 0 Å². The van der Waals surface area contributed by atoms with Crippen molar-refractivity contribution in [3.8, 4) is 5.75 Å². The standard InChI is InChI=1S/C17H22N4O4/c1-20(2)9-10-21(12-16(22)18-15-8-11-25-19-15)17(23)13-4-6-14(24-3)7-5-13/h4-8,11H,9-10,12H2,1-3H3,(H,18,19,22). The number of hydrogen-bond acceptors (Lipinski definition) is 6. The molecule has 0 bridgehead atoms. The molecule has 8 heteroatoms. The molecule has 0 aliphatic rings. The molecule has 0 aliphatic heterocycles. The zero-order valence-corrected chi connectivity index (χ0v) is 14.6. The second kappa shape index (κ2) is 8.84. The normalized spacial score (nSPS) is 10.6. The molecule has 0 aliphatic carbocycles. The first-order valence-electron chi connectivity index (χ1n) is 7.78. The highest BCUT2D eigenvalue weighted by Gasteiger charge is 2.19. The van der Waals surface area contributed by atoms with Crippen LogP contribution < -0.4 is 10.1 Å².